The van der Waals surface area contributed by atoms with Gasteiger partial charge in [0.25, 0.3) is 0 Å². The highest BCUT2D eigenvalue weighted by molar-refractivity contribution is 6.29. The lowest BCUT2D eigenvalue weighted by atomic mass is 10.2. The van der Waals surface area contributed by atoms with E-state index in [1.807, 2.05) is 25.8 Å². The second kappa shape index (κ2) is 5.66. The third-order valence-corrected chi connectivity index (χ3v) is 2.40. The molecule has 0 spiro atoms. The molecule has 0 amide bonds. The number of hydrogen-bond donors (Lipinski definition) is 0. The lowest BCUT2D eigenvalue weighted by Gasteiger charge is -2.19. The Morgan fingerprint density at radius 2 is 2.25 bits per heavy atom. The summed E-state index contributed by atoms with van der Waals surface area (Å²) in [4.78, 5) is 10.4. The number of nitrogens with zero attached hydrogens (tertiary/aromatic N) is 4. The molecule has 1 aromatic heterocycles. The summed E-state index contributed by atoms with van der Waals surface area (Å²) in [6, 6.07) is 3.90. The first-order valence-electron chi connectivity index (χ1n) is 5.21. The zero-order valence-corrected chi connectivity index (χ0v) is 10.5. The van der Waals surface area contributed by atoms with E-state index in [1.165, 1.54) is 0 Å². The minimum absolute atomic E-state index is 0.0381. The third-order valence-electron chi connectivity index (χ3n) is 2.20. The van der Waals surface area contributed by atoms with Gasteiger partial charge in [-0.25, -0.2) is 9.97 Å². The van der Waals surface area contributed by atoms with Gasteiger partial charge < -0.3 is 4.90 Å². The lowest BCUT2D eigenvalue weighted by Crippen LogP contribution is -2.24. The van der Waals surface area contributed by atoms with Gasteiger partial charge in [0.05, 0.1) is 12.0 Å². The Hall–Kier alpha value is -1.34. The van der Waals surface area contributed by atoms with E-state index in [9.17, 15) is 0 Å². The van der Waals surface area contributed by atoms with Crippen molar-refractivity contribution >= 4 is 17.4 Å². The van der Waals surface area contributed by atoms with Crippen LogP contribution in [0.4, 0.5) is 5.82 Å². The number of anilines is 1. The molecule has 0 aliphatic carbocycles. The highest BCUT2D eigenvalue weighted by atomic mass is 35.5. The molecule has 1 unspecified atom stereocenters. The van der Waals surface area contributed by atoms with Crippen molar-refractivity contribution in [3.63, 3.8) is 0 Å². The third kappa shape index (κ3) is 3.35. The summed E-state index contributed by atoms with van der Waals surface area (Å²) < 4.78 is 0. The van der Waals surface area contributed by atoms with Crippen LogP contribution in [0.25, 0.3) is 0 Å². The molecule has 0 fully saturated rings. The molecular formula is C11H15ClN4. The molecule has 16 heavy (non-hydrogen) atoms. The van der Waals surface area contributed by atoms with Crippen molar-refractivity contribution < 1.29 is 0 Å². The second-order valence-corrected chi connectivity index (χ2v) is 4.12. The van der Waals surface area contributed by atoms with E-state index in [1.54, 1.807) is 6.07 Å². The van der Waals surface area contributed by atoms with Gasteiger partial charge in [-0.05, 0) is 6.92 Å². The average molecular weight is 239 g/mol. The van der Waals surface area contributed by atoms with Crippen LogP contribution in [0.15, 0.2) is 6.07 Å². The fourth-order valence-electron chi connectivity index (χ4n) is 1.35. The monoisotopic (exact) mass is 238 g/mol. The van der Waals surface area contributed by atoms with Crippen LogP contribution in [-0.4, -0.2) is 23.6 Å². The molecule has 4 nitrogen and oxygen atoms in total. The Morgan fingerprint density at radius 1 is 1.56 bits per heavy atom. The predicted molar refractivity (Wildman–Crippen MR) is 64.5 cm³/mol. The maximum absolute atomic E-state index is 8.75. The lowest BCUT2D eigenvalue weighted by molar-refractivity contribution is 0.706. The Bertz CT molecular complexity index is 399. The van der Waals surface area contributed by atoms with E-state index in [4.69, 9.17) is 16.9 Å². The van der Waals surface area contributed by atoms with E-state index in [-0.39, 0.29) is 5.92 Å². The maximum Gasteiger partial charge on any atom is 0.134 e. The molecule has 0 aliphatic heterocycles. The van der Waals surface area contributed by atoms with Crippen LogP contribution in [0.5, 0.6) is 0 Å². The average Bonchev–Trinajstić information content (AvgIpc) is 2.27. The predicted octanol–water partition coefficient (Wildman–Crippen LogP) is 2.29. The molecule has 1 rings (SSSR count). The number of halogens is 1. The van der Waals surface area contributed by atoms with E-state index in [0.29, 0.717) is 11.7 Å². The van der Waals surface area contributed by atoms with Crippen molar-refractivity contribution in [2.45, 2.75) is 20.3 Å². The van der Waals surface area contributed by atoms with Crippen LogP contribution in [-0.2, 0) is 6.42 Å². The summed E-state index contributed by atoms with van der Waals surface area (Å²) in [5.74, 6) is 1.45. The van der Waals surface area contributed by atoms with Crippen LogP contribution in [0.2, 0.25) is 5.15 Å². The summed E-state index contributed by atoms with van der Waals surface area (Å²) in [6.07, 6.45) is 0.745. The molecule has 0 bridgehead atoms. The van der Waals surface area contributed by atoms with E-state index < -0.39 is 0 Å². The Morgan fingerprint density at radius 3 is 2.81 bits per heavy atom. The molecule has 1 aromatic rings. The van der Waals surface area contributed by atoms with Crippen LogP contribution < -0.4 is 4.90 Å². The van der Waals surface area contributed by atoms with Gasteiger partial charge in [-0.3, -0.25) is 0 Å². The van der Waals surface area contributed by atoms with Crippen molar-refractivity contribution in [1.82, 2.24) is 9.97 Å². The quantitative estimate of drug-likeness (QED) is 0.756. The summed E-state index contributed by atoms with van der Waals surface area (Å²) in [5, 5.41) is 9.19. The topological polar surface area (TPSA) is 52.8 Å². The van der Waals surface area contributed by atoms with Crippen molar-refractivity contribution in [2.75, 3.05) is 18.5 Å². The summed E-state index contributed by atoms with van der Waals surface area (Å²) in [5.41, 5.74) is 0. The van der Waals surface area contributed by atoms with Crippen LogP contribution >= 0.6 is 11.6 Å². The van der Waals surface area contributed by atoms with Gasteiger partial charge in [-0.2, -0.15) is 5.26 Å². The van der Waals surface area contributed by atoms with Crippen LogP contribution in [0.1, 0.15) is 19.7 Å². The number of rotatable bonds is 4. The zero-order chi connectivity index (χ0) is 12.1. The normalized spacial score (nSPS) is 11.9. The van der Waals surface area contributed by atoms with Gasteiger partial charge >= 0.3 is 0 Å². The van der Waals surface area contributed by atoms with Gasteiger partial charge in [0.15, 0.2) is 0 Å². The number of nitriles is 1. The minimum Gasteiger partial charge on any atom is -0.358 e. The number of aryl methyl sites for hydroxylation is 1. The van der Waals surface area contributed by atoms with Crippen LogP contribution in [0.3, 0.4) is 0 Å². The van der Waals surface area contributed by atoms with Gasteiger partial charge in [-0.15, -0.1) is 0 Å². The van der Waals surface area contributed by atoms with Gasteiger partial charge in [0.1, 0.15) is 16.8 Å². The molecule has 0 radical (unpaired) electrons. The van der Waals surface area contributed by atoms with Crippen molar-refractivity contribution in [2.24, 2.45) is 5.92 Å². The molecule has 0 aliphatic rings. The first-order valence-corrected chi connectivity index (χ1v) is 5.58. The molecule has 86 valence electrons. The second-order valence-electron chi connectivity index (χ2n) is 3.73. The Kier molecular flexibility index (Phi) is 4.51. The van der Waals surface area contributed by atoms with E-state index in [2.05, 4.69) is 16.0 Å². The highest BCUT2D eigenvalue weighted by Gasteiger charge is 2.09. The van der Waals surface area contributed by atoms with Crippen molar-refractivity contribution in [3.05, 3.63) is 17.0 Å². The van der Waals surface area contributed by atoms with Gasteiger partial charge in [-0.1, -0.05) is 18.5 Å². The summed E-state index contributed by atoms with van der Waals surface area (Å²) >= 11 is 5.90. The SMILES string of the molecule is CCc1nc(Cl)cc(N(C)CC(C)C#N)n1. The minimum atomic E-state index is -0.0381. The first-order chi connectivity index (χ1) is 7.56. The van der Waals surface area contributed by atoms with Gasteiger partial charge in [0, 0.05) is 26.1 Å². The molecule has 0 aromatic carbocycles. The van der Waals surface area contributed by atoms with Gasteiger partial charge in [0.2, 0.25) is 0 Å². The Balaban J connectivity index is 2.87. The molecule has 0 N–H and O–H groups in total. The molecular weight excluding hydrogens is 224 g/mol. The Labute approximate surface area is 101 Å². The van der Waals surface area contributed by atoms with Crippen LogP contribution in [0, 0.1) is 17.2 Å². The molecule has 1 heterocycles. The van der Waals surface area contributed by atoms with E-state index >= 15 is 0 Å². The summed E-state index contributed by atoms with van der Waals surface area (Å²) in [6.45, 7) is 4.49. The zero-order valence-electron chi connectivity index (χ0n) is 9.74. The molecule has 0 saturated carbocycles. The first kappa shape index (κ1) is 12.7. The molecule has 0 saturated heterocycles. The molecule has 5 heteroatoms. The standard InChI is InChI=1S/C11H15ClN4/c1-4-10-14-9(12)5-11(15-10)16(3)7-8(2)6-13/h5,8H,4,7H2,1-3H3. The highest BCUT2D eigenvalue weighted by Crippen LogP contribution is 2.16. The maximum atomic E-state index is 8.75. The van der Waals surface area contributed by atoms with E-state index in [0.717, 1.165) is 18.1 Å². The number of hydrogen-bond acceptors (Lipinski definition) is 4. The fourth-order valence-corrected chi connectivity index (χ4v) is 1.55. The smallest absolute Gasteiger partial charge is 0.134 e. The van der Waals surface area contributed by atoms with Crippen molar-refractivity contribution in [3.8, 4) is 6.07 Å². The number of aromatic nitrogens is 2. The molecule has 1 atom stereocenters. The summed E-state index contributed by atoms with van der Waals surface area (Å²) in [7, 11) is 1.89. The van der Waals surface area contributed by atoms with Crippen molar-refractivity contribution in [1.29, 1.82) is 5.26 Å². The fraction of sp³-hybridized carbons (Fsp3) is 0.545. The largest absolute Gasteiger partial charge is 0.358 e.